The van der Waals surface area contributed by atoms with Crippen LogP contribution in [0.2, 0.25) is 0 Å². The number of carbonyl (C=O) groups is 2. The molecule has 1 saturated heterocycles. The number of fused-ring (bicyclic) bond motifs is 2. The molecule has 6 nitrogen and oxygen atoms in total. The molecule has 2 aliphatic rings. The Morgan fingerprint density at radius 3 is 2.74 bits per heavy atom. The van der Waals surface area contributed by atoms with Gasteiger partial charge >= 0.3 is 6.03 Å². The van der Waals surface area contributed by atoms with E-state index in [1.807, 2.05) is 13.0 Å². The monoisotopic (exact) mass is 260 g/mol. The predicted molar refractivity (Wildman–Crippen MR) is 65.1 cm³/mol. The number of carbonyl (C=O) groups excluding carboxylic acids is 2. The second-order valence-corrected chi connectivity index (χ2v) is 5.82. The summed E-state index contributed by atoms with van der Waals surface area (Å²) in [6, 6.07) is 3.21. The Balaban J connectivity index is 2.54. The molecule has 19 heavy (non-hydrogen) atoms. The summed E-state index contributed by atoms with van der Waals surface area (Å²) in [4.78, 5) is 25.0. The molecule has 2 fully saturated rings. The van der Waals surface area contributed by atoms with Crippen molar-refractivity contribution in [1.29, 1.82) is 10.5 Å². The molecule has 3 amide bonds. The molecule has 0 aromatic carbocycles. The first-order chi connectivity index (χ1) is 8.90. The quantitative estimate of drug-likeness (QED) is 0.765. The Hall–Kier alpha value is -2.08. The van der Waals surface area contributed by atoms with Gasteiger partial charge in [-0.2, -0.15) is 10.5 Å². The number of nitrogens with zero attached hydrogens (tertiary/aromatic N) is 3. The van der Waals surface area contributed by atoms with Gasteiger partial charge in [0.05, 0.1) is 24.1 Å². The molecular formula is C13H16N4O2. The fraction of sp³-hybridized carbons (Fsp3) is 0.692. The summed E-state index contributed by atoms with van der Waals surface area (Å²) in [6.07, 6.45) is 2.70. The third kappa shape index (κ3) is 1.76. The summed E-state index contributed by atoms with van der Waals surface area (Å²) < 4.78 is 0. The molecule has 2 bridgehead atoms. The number of imide groups is 1. The minimum absolute atomic E-state index is 0.0788. The van der Waals surface area contributed by atoms with E-state index in [1.165, 1.54) is 0 Å². The van der Waals surface area contributed by atoms with Crippen LogP contribution in [0.5, 0.6) is 0 Å². The van der Waals surface area contributed by atoms with Gasteiger partial charge in [-0.15, -0.1) is 0 Å². The Kier molecular flexibility index (Phi) is 2.98. The SMILES string of the molecule is C[C@]12CCC[C@@](CC#N)(C1)N(C(N)=O)C(=O)[C@@H]2C#N. The summed E-state index contributed by atoms with van der Waals surface area (Å²) >= 11 is 0. The molecular weight excluding hydrogens is 244 g/mol. The van der Waals surface area contributed by atoms with Crippen LogP contribution in [0, 0.1) is 34.0 Å². The molecule has 6 heteroatoms. The van der Waals surface area contributed by atoms with Gasteiger partial charge in [-0.3, -0.25) is 9.69 Å². The molecule has 0 aromatic rings. The number of hydrogen-bond acceptors (Lipinski definition) is 4. The molecule has 0 unspecified atom stereocenters. The number of amides is 3. The number of primary amides is 1. The number of nitriles is 2. The van der Waals surface area contributed by atoms with Gasteiger partial charge in [-0.1, -0.05) is 13.3 Å². The van der Waals surface area contributed by atoms with Crippen LogP contribution in [0.25, 0.3) is 0 Å². The highest BCUT2D eigenvalue weighted by atomic mass is 16.2. The minimum atomic E-state index is -0.857. The van der Waals surface area contributed by atoms with Crippen LogP contribution in [0.3, 0.4) is 0 Å². The van der Waals surface area contributed by atoms with Crippen LogP contribution in [-0.2, 0) is 4.79 Å². The van der Waals surface area contributed by atoms with Crippen LogP contribution >= 0.6 is 0 Å². The highest BCUT2D eigenvalue weighted by Crippen LogP contribution is 2.54. The van der Waals surface area contributed by atoms with Gasteiger partial charge in [0.15, 0.2) is 0 Å². The molecule has 2 N–H and O–H groups in total. The van der Waals surface area contributed by atoms with Crippen molar-refractivity contribution in [2.24, 2.45) is 17.1 Å². The summed E-state index contributed by atoms with van der Waals surface area (Å²) in [5.74, 6) is -1.40. The van der Waals surface area contributed by atoms with Gasteiger partial charge in [0.2, 0.25) is 5.91 Å². The van der Waals surface area contributed by atoms with E-state index < -0.39 is 28.8 Å². The van der Waals surface area contributed by atoms with Gasteiger partial charge in [0.25, 0.3) is 0 Å². The van der Waals surface area contributed by atoms with E-state index in [9.17, 15) is 14.9 Å². The van der Waals surface area contributed by atoms with E-state index in [1.54, 1.807) is 0 Å². The molecule has 1 aliphatic heterocycles. The first-order valence-corrected chi connectivity index (χ1v) is 6.30. The fourth-order valence-electron chi connectivity index (χ4n) is 3.78. The Morgan fingerprint density at radius 2 is 2.21 bits per heavy atom. The lowest BCUT2D eigenvalue weighted by Gasteiger charge is -2.55. The Bertz CT molecular complexity index is 518. The van der Waals surface area contributed by atoms with Crippen molar-refractivity contribution in [3.63, 3.8) is 0 Å². The number of likely N-dealkylation sites (tertiary alicyclic amines) is 1. The maximum Gasteiger partial charge on any atom is 0.322 e. The molecule has 2 rings (SSSR count). The first kappa shape index (κ1) is 13.4. The van der Waals surface area contributed by atoms with Gasteiger partial charge in [0, 0.05) is 0 Å². The smallest absolute Gasteiger partial charge is 0.322 e. The van der Waals surface area contributed by atoms with Crippen molar-refractivity contribution < 1.29 is 9.59 Å². The summed E-state index contributed by atoms with van der Waals surface area (Å²) in [7, 11) is 0. The van der Waals surface area contributed by atoms with Crippen molar-refractivity contribution in [3.8, 4) is 12.1 Å². The van der Waals surface area contributed by atoms with Crippen molar-refractivity contribution >= 4 is 11.9 Å². The van der Waals surface area contributed by atoms with Crippen LogP contribution in [0.15, 0.2) is 0 Å². The molecule has 1 aliphatic carbocycles. The molecule has 100 valence electrons. The second-order valence-electron chi connectivity index (χ2n) is 5.82. The average molecular weight is 260 g/mol. The zero-order valence-corrected chi connectivity index (χ0v) is 10.8. The van der Waals surface area contributed by atoms with E-state index >= 15 is 0 Å². The minimum Gasteiger partial charge on any atom is -0.351 e. The van der Waals surface area contributed by atoms with Crippen LogP contribution in [0.4, 0.5) is 4.79 Å². The molecule has 3 atom stereocenters. The molecule has 1 heterocycles. The summed E-state index contributed by atoms with van der Waals surface area (Å²) in [5.41, 5.74) is 4.03. The lowest BCUT2D eigenvalue weighted by Crippen LogP contribution is -2.67. The summed E-state index contributed by atoms with van der Waals surface area (Å²) in [5, 5.41) is 18.3. The average Bonchev–Trinajstić information content (AvgIpc) is 2.27. The largest absolute Gasteiger partial charge is 0.351 e. The van der Waals surface area contributed by atoms with Gasteiger partial charge in [-0.05, 0) is 24.7 Å². The van der Waals surface area contributed by atoms with Crippen molar-refractivity contribution in [1.82, 2.24) is 4.90 Å². The van der Waals surface area contributed by atoms with Crippen LogP contribution in [-0.4, -0.2) is 22.4 Å². The van der Waals surface area contributed by atoms with E-state index in [0.29, 0.717) is 12.8 Å². The normalized spacial score (nSPS) is 37.3. The zero-order chi connectivity index (χ0) is 14.3. The van der Waals surface area contributed by atoms with Crippen molar-refractivity contribution in [2.45, 2.75) is 44.6 Å². The molecule has 0 aromatic heterocycles. The topological polar surface area (TPSA) is 111 Å². The number of urea groups is 1. The lowest BCUT2D eigenvalue weighted by atomic mass is 9.57. The highest BCUT2D eigenvalue weighted by Gasteiger charge is 2.59. The van der Waals surface area contributed by atoms with Gasteiger partial charge < -0.3 is 5.73 Å². The molecule has 1 saturated carbocycles. The van der Waals surface area contributed by atoms with Crippen molar-refractivity contribution in [3.05, 3.63) is 0 Å². The van der Waals surface area contributed by atoms with E-state index in [2.05, 4.69) is 6.07 Å². The Labute approximate surface area is 111 Å². The standard InChI is InChI=1S/C13H16N4O2/c1-12-3-2-4-13(8-12,5-6-14)17(11(16)19)10(18)9(12)7-15/h9H,2-5,8H2,1H3,(H2,16,19)/t9-,12-,13+/m0/s1. The lowest BCUT2D eigenvalue weighted by molar-refractivity contribution is -0.153. The zero-order valence-electron chi connectivity index (χ0n) is 10.8. The number of nitrogens with two attached hydrogens (primary N) is 1. The van der Waals surface area contributed by atoms with E-state index in [0.717, 1.165) is 17.7 Å². The van der Waals surface area contributed by atoms with E-state index in [-0.39, 0.29) is 6.42 Å². The third-order valence-corrected chi connectivity index (χ3v) is 4.52. The predicted octanol–water partition coefficient (Wildman–Crippen LogP) is 1.28. The molecule has 0 radical (unpaired) electrons. The number of piperidine rings is 1. The summed E-state index contributed by atoms with van der Waals surface area (Å²) in [6.45, 7) is 1.89. The van der Waals surface area contributed by atoms with E-state index in [4.69, 9.17) is 11.0 Å². The second kappa shape index (κ2) is 4.24. The van der Waals surface area contributed by atoms with Crippen LogP contribution in [0.1, 0.15) is 39.0 Å². The first-order valence-electron chi connectivity index (χ1n) is 6.30. The Morgan fingerprint density at radius 1 is 1.53 bits per heavy atom. The van der Waals surface area contributed by atoms with Crippen LogP contribution < -0.4 is 5.73 Å². The van der Waals surface area contributed by atoms with Gasteiger partial charge in [0.1, 0.15) is 5.92 Å². The fourth-order valence-corrected chi connectivity index (χ4v) is 3.78. The number of hydrogen-bond donors (Lipinski definition) is 1. The van der Waals surface area contributed by atoms with Crippen molar-refractivity contribution in [2.75, 3.05) is 0 Å². The number of rotatable bonds is 1. The highest BCUT2D eigenvalue weighted by molar-refractivity contribution is 5.98. The third-order valence-electron chi connectivity index (χ3n) is 4.52. The molecule has 0 spiro atoms. The maximum absolute atomic E-state index is 12.4. The van der Waals surface area contributed by atoms with Gasteiger partial charge in [-0.25, -0.2) is 4.79 Å². The maximum atomic E-state index is 12.4.